The number of hydrogen-bond acceptors (Lipinski definition) is 1. The van der Waals surface area contributed by atoms with Crippen LogP contribution in [0, 0.1) is 6.92 Å². The summed E-state index contributed by atoms with van der Waals surface area (Å²) < 4.78 is 6.40. The lowest BCUT2D eigenvalue weighted by Gasteiger charge is -2.24. The molecule has 0 N–H and O–H groups in total. The van der Waals surface area contributed by atoms with E-state index in [-0.39, 0.29) is 0 Å². The maximum absolute atomic E-state index is 6.40. The molecule has 1 aliphatic rings. The smallest absolute Gasteiger partial charge is 0.135 e. The lowest BCUT2D eigenvalue weighted by atomic mass is 9.83. The number of benzene rings is 7. The summed E-state index contributed by atoms with van der Waals surface area (Å²) in [6, 6.07) is 46.0. The van der Waals surface area contributed by atoms with Crippen molar-refractivity contribution in [1.82, 2.24) is 0 Å². The lowest BCUT2D eigenvalue weighted by Crippen LogP contribution is -1.98. The molecular formula is C37H24O. The molecule has 0 atom stereocenters. The first-order valence-electron chi connectivity index (χ1n) is 13.1. The fourth-order valence-corrected chi connectivity index (χ4v) is 6.25. The van der Waals surface area contributed by atoms with Crippen molar-refractivity contribution in [2.45, 2.75) is 6.92 Å². The van der Waals surface area contributed by atoms with Crippen LogP contribution < -0.4 is 4.74 Å². The van der Waals surface area contributed by atoms with Gasteiger partial charge in [0.1, 0.15) is 11.5 Å². The molecule has 178 valence electrons. The quantitative estimate of drug-likeness (QED) is 0.222. The summed E-state index contributed by atoms with van der Waals surface area (Å²) in [4.78, 5) is 0. The van der Waals surface area contributed by atoms with E-state index in [0.717, 1.165) is 17.1 Å². The van der Waals surface area contributed by atoms with Gasteiger partial charge in [-0.25, -0.2) is 0 Å². The van der Waals surface area contributed by atoms with Crippen molar-refractivity contribution < 1.29 is 4.74 Å². The Morgan fingerprint density at radius 2 is 0.947 bits per heavy atom. The van der Waals surface area contributed by atoms with Crippen LogP contribution in [0.25, 0.3) is 65.7 Å². The number of hydrogen-bond donors (Lipinski definition) is 0. The molecule has 0 radical (unpaired) electrons. The zero-order chi connectivity index (χ0) is 25.2. The van der Waals surface area contributed by atoms with Crippen molar-refractivity contribution in [1.29, 1.82) is 0 Å². The first kappa shape index (κ1) is 21.2. The number of para-hydroxylation sites is 1. The first-order chi connectivity index (χ1) is 18.8. The lowest BCUT2D eigenvalue weighted by molar-refractivity contribution is 0.487. The van der Waals surface area contributed by atoms with E-state index in [1.807, 2.05) is 6.07 Å². The Labute approximate surface area is 221 Å². The molecule has 0 saturated carbocycles. The molecule has 1 heteroatoms. The summed E-state index contributed by atoms with van der Waals surface area (Å²) in [6.07, 6.45) is 0. The van der Waals surface area contributed by atoms with Gasteiger partial charge < -0.3 is 4.74 Å². The summed E-state index contributed by atoms with van der Waals surface area (Å²) in [5, 5.41) is 7.46. The summed E-state index contributed by atoms with van der Waals surface area (Å²) in [6.45, 7) is 2.14. The van der Waals surface area contributed by atoms with Crippen molar-refractivity contribution in [2.75, 3.05) is 0 Å². The molecule has 38 heavy (non-hydrogen) atoms. The van der Waals surface area contributed by atoms with Crippen LogP contribution in [0.5, 0.6) is 11.5 Å². The number of fused-ring (bicyclic) bond motifs is 4. The van der Waals surface area contributed by atoms with Crippen molar-refractivity contribution in [3.8, 4) is 44.9 Å². The Kier molecular flexibility index (Phi) is 4.50. The zero-order valence-corrected chi connectivity index (χ0v) is 21.0. The molecule has 1 nitrogen and oxygen atoms in total. The maximum atomic E-state index is 6.40. The van der Waals surface area contributed by atoms with Gasteiger partial charge in [0, 0.05) is 10.9 Å². The SMILES string of the molecule is Cc1ccc(-c2c3ccccc3c(-c3ccc4c5c(cccc35)Oc3ccccc3-4)c3ccccc23)cc1. The molecule has 8 rings (SSSR count). The molecular weight excluding hydrogens is 460 g/mol. The van der Waals surface area contributed by atoms with Crippen LogP contribution in [0.3, 0.4) is 0 Å². The predicted octanol–water partition coefficient (Wildman–Crippen LogP) is 10.6. The third kappa shape index (κ3) is 2.99. The average molecular weight is 485 g/mol. The molecule has 0 saturated heterocycles. The van der Waals surface area contributed by atoms with Crippen LogP contribution >= 0.6 is 0 Å². The molecule has 0 spiro atoms. The molecule has 0 fully saturated rings. The van der Waals surface area contributed by atoms with Gasteiger partial charge in [-0.3, -0.25) is 0 Å². The van der Waals surface area contributed by atoms with Crippen LogP contribution in [-0.2, 0) is 0 Å². The Bertz CT molecular complexity index is 1990. The summed E-state index contributed by atoms with van der Waals surface area (Å²) in [5.74, 6) is 1.83. The summed E-state index contributed by atoms with van der Waals surface area (Å²) >= 11 is 0. The minimum Gasteiger partial charge on any atom is -0.456 e. The van der Waals surface area contributed by atoms with Crippen LogP contribution in [0.15, 0.2) is 127 Å². The van der Waals surface area contributed by atoms with Crippen LogP contribution in [0.4, 0.5) is 0 Å². The van der Waals surface area contributed by atoms with Gasteiger partial charge in [0.2, 0.25) is 0 Å². The molecule has 0 bridgehead atoms. The minimum absolute atomic E-state index is 0.915. The van der Waals surface area contributed by atoms with E-state index in [0.29, 0.717) is 0 Å². The van der Waals surface area contributed by atoms with Gasteiger partial charge >= 0.3 is 0 Å². The number of aryl methyl sites for hydroxylation is 1. The third-order valence-electron chi connectivity index (χ3n) is 7.94. The second-order valence-electron chi connectivity index (χ2n) is 10.1. The van der Waals surface area contributed by atoms with Gasteiger partial charge in [0.25, 0.3) is 0 Å². The van der Waals surface area contributed by atoms with Gasteiger partial charge in [-0.2, -0.15) is 0 Å². The van der Waals surface area contributed by atoms with Gasteiger partial charge in [-0.1, -0.05) is 121 Å². The van der Waals surface area contributed by atoms with Crippen molar-refractivity contribution in [3.05, 3.63) is 133 Å². The highest BCUT2D eigenvalue weighted by Gasteiger charge is 2.23. The monoisotopic (exact) mass is 484 g/mol. The highest BCUT2D eigenvalue weighted by atomic mass is 16.5. The summed E-state index contributed by atoms with van der Waals surface area (Å²) in [5.41, 5.74) is 8.69. The van der Waals surface area contributed by atoms with E-state index in [9.17, 15) is 0 Å². The topological polar surface area (TPSA) is 9.23 Å². The van der Waals surface area contributed by atoms with Gasteiger partial charge in [0.15, 0.2) is 0 Å². The normalized spacial score (nSPS) is 12.0. The second-order valence-corrected chi connectivity index (χ2v) is 10.1. The van der Waals surface area contributed by atoms with Gasteiger partial charge in [-0.15, -0.1) is 0 Å². The zero-order valence-electron chi connectivity index (χ0n) is 21.0. The Morgan fingerprint density at radius 1 is 0.395 bits per heavy atom. The van der Waals surface area contributed by atoms with Crippen LogP contribution in [0.2, 0.25) is 0 Å². The van der Waals surface area contributed by atoms with E-state index in [1.165, 1.54) is 65.7 Å². The minimum atomic E-state index is 0.915. The molecule has 0 amide bonds. The maximum Gasteiger partial charge on any atom is 0.135 e. The Morgan fingerprint density at radius 3 is 1.66 bits per heavy atom. The van der Waals surface area contributed by atoms with E-state index in [1.54, 1.807) is 0 Å². The van der Waals surface area contributed by atoms with E-state index < -0.39 is 0 Å². The average Bonchev–Trinajstić information content (AvgIpc) is 2.97. The third-order valence-corrected chi connectivity index (χ3v) is 7.94. The molecule has 0 aromatic heterocycles. The highest BCUT2D eigenvalue weighted by Crippen LogP contribution is 2.51. The highest BCUT2D eigenvalue weighted by molar-refractivity contribution is 6.24. The fraction of sp³-hybridized carbons (Fsp3) is 0.0270. The molecule has 1 aliphatic heterocycles. The molecule has 7 aromatic rings. The number of rotatable bonds is 2. The van der Waals surface area contributed by atoms with Crippen molar-refractivity contribution in [2.24, 2.45) is 0 Å². The Hall–Kier alpha value is -4.88. The largest absolute Gasteiger partial charge is 0.456 e. The molecule has 1 heterocycles. The van der Waals surface area contributed by atoms with E-state index in [4.69, 9.17) is 4.74 Å². The van der Waals surface area contributed by atoms with E-state index >= 15 is 0 Å². The molecule has 0 unspecified atom stereocenters. The van der Waals surface area contributed by atoms with Crippen molar-refractivity contribution in [3.63, 3.8) is 0 Å². The molecule has 7 aromatic carbocycles. The number of ether oxygens (including phenoxy) is 1. The van der Waals surface area contributed by atoms with Gasteiger partial charge in [-0.05, 0) is 73.8 Å². The fourth-order valence-electron chi connectivity index (χ4n) is 6.25. The standard InChI is InChI=1S/C37H24O/c1-23-17-19-24(20-18-23)35-26-10-2-4-12-28(26)36(29-13-5-3-11-27(29)35)32-22-21-31-25-9-6-7-15-33(25)38-34-16-8-14-30(32)37(31)34/h2-22H,1H3. The molecule has 0 aliphatic carbocycles. The van der Waals surface area contributed by atoms with E-state index in [2.05, 4.69) is 128 Å². The van der Waals surface area contributed by atoms with Crippen molar-refractivity contribution >= 4 is 32.3 Å². The van der Waals surface area contributed by atoms with Gasteiger partial charge in [0.05, 0.1) is 0 Å². The second kappa shape index (κ2) is 8.06. The summed E-state index contributed by atoms with van der Waals surface area (Å²) in [7, 11) is 0. The first-order valence-corrected chi connectivity index (χ1v) is 13.1. The Balaban J connectivity index is 1.51. The predicted molar refractivity (Wildman–Crippen MR) is 160 cm³/mol. The van der Waals surface area contributed by atoms with Crippen LogP contribution in [-0.4, -0.2) is 0 Å². The van der Waals surface area contributed by atoms with Crippen LogP contribution in [0.1, 0.15) is 5.56 Å².